The van der Waals surface area contributed by atoms with E-state index in [9.17, 15) is 10.2 Å². The molecule has 4 atom stereocenters. The van der Waals surface area contributed by atoms with Crippen molar-refractivity contribution >= 4 is 0 Å². The summed E-state index contributed by atoms with van der Waals surface area (Å²) in [5, 5.41) is 18.7. The number of hydrogen-bond acceptors (Lipinski definition) is 4. The molecular formula is C7H12O4. The van der Waals surface area contributed by atoms with E-state index in [0.29, 0.717) is 0 Å². The van der Waals surface area contributed by atoms with E-state index in [-0.39, 0.29) is 19.3 Å². The number of aliphatic hydroxyl groups excluding tert-OH is 2. The summed E-state index contributed by atoms with van der Waals surface area (Å²) in [6, 6.07) is 0. The van der Waals surface area contributed by atoms with Crippen LogP contribution in [0.25, 0.3) is 0 Å². The Balaban J connectivity index is 2.23. The molecule has 4 nitrogen and oxygen atoms in total. The highest BCUT2D eigenvalue weighted by atomic mass is 16.6. The number of aliphatic hydroxyl groups is 2. The fraction of sp³-hybridized carbons (Fsp3) is 1.00. The van der Waals surface area contributed by atoms with Crippen molar-refractivity contribution in [3.05, 3.63) is 0 Å². The van der Waals surface area contributed by atoms with Crippen molar-refractivity contribution in [2.24, 2.45) is 0 Å². The van der Waals surface area contributed by atoms with Crippen molar-refractivity contribution in [1.82, 2.24) is 0 Å². The van der Waals surface area contributed by atoms with Gasteiger partial charge in [0.25, 0.3) is 0 Å². The van der Waals surface area contributed by atoms with Gasteiger partial charge in [-0.2, -0.15) is 0 Å². The largest absolute Gasteiger partial charge is 0.388 e. The average Bonchev–Trinajstić information content (AvgIpc) is 2.39. The molecule has 0 aromatic carbocycles. The molecule has 2 N–H and O–H groups in total. The second-order valence-corrected chi connectivity index (χ2v) is 3.33. The maximum absolute atomic E-state index is 9.42. The van der Waals surface area contributed by atoms with Gasteiger partial charge in [-0.1, -0.05) is 0 Å². The summed E-state index contributed by atoms with van der Waals surface area (Å²) in [4.78, 5) is 0. The van der Waals surface area contributed by atoms with E-state index in [2.05, 4.69) is 0 Å². The zero-order chi connectivity index (χ0) is 8.06. The molecule has 2 aliphatic heterocycles. The third-order valence-corrected chi connectivity index (χ3v) is 2.57. The molecule has 0 aliphatic carbocycles. The van der Waals surface area contributed by atoms with E-state index in [1.807, 2.05) is 0 Å². The molecule has 0 saturated carbocycles. The van der Waals surface area contributed by atoms with Gasteiger partial charge in [0.1, 0.15) is 23.9 Å². The molecule has 2 fully saturated rings. The van der Waals surface area contributed by atoms with E-state index in [4.69, 9.17) is 9.47 Å². The Morgan fingerprint density at radius 1 is 1.36 bits per heavy atom. The lowest BCUT2D eigenvalue weighted by Gasteiger charge is -2.24. The second kappa shape index (κ2) is 2.17. The fourth-order valence-corrected chi connectivity index (χ4v) is 1.74. The number of fused-ring (bicyclic) bond motifs is 1. The predicted molar refractivity (Wildman–Crippen MR) is 36.1 cm³/mol. The molecule has 2 saturated heterocycles. The fourth-order valence-electron chi connectivity index (χ4n) is 1.74. The van der Waals surface area contributed by atoms with E-state index in [0.717, 1.165) is 0 Å². The van der Waals surface area contributed by atoms with Crippen LogP contribution >= 0.6 is 0 Å². The summed E-state index contributed by atoms with van der Waals surface area (Å²) < 4.78 is 10.4. The van der Waals surface area contributed by atoms with Crippen LogP contribution in [0, 0.1) is 0 Å². The first-order valence-electron chi connectivity index (χ1n) is 3.76. The first kappa shape index (κ1) is 7.49. The van der Waals surface area contributed by atoms with E-state index < -0.39 is 17.8 Å². The number of ether oxygens (including phenoxy) is 2. The summed E-state index contributed by atoms with van der Waals surface area (Å²) >= 11 is 0. The van der Waals surface area contributed by atoms with Gasteiger partial charge in [-0.15, -0.1) is 0 Å². The quantitative estimate of drug-likeness (QED) is 0.472. The first-order chi connectivity index (χ1) is 5.14. The molecule has 2 aliphatic rings. The van der Waals surface area contributed by atoms with Crippen LogP contribution < -0.4 is 0 Å². The number of hydrogen-bond donors (Lipinski definition) is 2. The first-order valence-corrected chi connectivity index (χ1v) is 3.76. The normalized spacial score (nSPS) is 56.5. The molecule has 2 heterocycles. The molecule has 11 heavy (non-hydrogen) atoms. The minimum absolute atomic E-state index is 0.262. The second-order valence-electron chi connectivity index (χ2n) is 3.33. The van der Waals surface area contributed by atoms with Gasteiger partial charge in [0.2, 0.25) is 0 Å². The Hall–Kier alpha value is -0.160. The molecule has 4 heteroatoms. The lowest BCUT2D eigenvalue weighted by molar-refractivity contribution is -0.0621. The molecule has 0 unspecified atom stereocenters. The van der Waals surface area contributed by atoms with Crippen molar-refractivity contribution in [3.8, 4) is 0 Å². The zero-order valence-electron chi connectivity index (χ0n) is 6.36. The minimum Gasteiger partial charge on any atom is -0.388 e. The van der Waals surface area contributed by atoms with Crippen molar-refractivity contribution < 1.29 is 19.7 Å². The Morgan fingerprint density at radius 3 is 2.73 bits per heavy atom. The predicted octanol–water partition coefficient (Wildman–Crippen LogP) is -1.10. The van der Waals surface area contributed by atoms with E-state index >= 15 is 0 Å². The maximum Gasteiger partial charge on any atom is 0.122 e. The Labute approximate surface area is 64.7 Å². The zero-order valence-corrected chi connectivity index (χ0v) is 6.36. The molecule has 0 bridgehead atoms. The molecule has 2 rings (SSSR count). The lowest BCUT2D eigenvalue weighted by atomic mass is 9.95. The van der Waals surface area contributed by atoms with Crippen LogP contribution in [0.4, 0.5) is 0 Å². The molecule has 0 aromatic rings. The maximum atomic E-state index is 9.42. The minimum atomic E-state index is -0.681. The highest BCUT2D eigenvalue weighted by Gasteiger charge is 2.56. The number of rotatable bonds is 0. The topological polar surface area (TPSA) is 58.9 Å². The molecule has 0 aromatic heterocycles. The van der Waals surface area contributed by atoms with Crippen LogP contribution in [-0.4, -0.2) is 47.3 Å². The van der Waals surface area contributed by atoms with Crippen LogP contribution in [0.2, 0.25) is 0 Å². The molecule has 64 valence electrons. The van der Waals surface area contributed by atoms with Crippen LogP contribution in [0.15, 0.2) is 0 Å². The molecule has 0 amide bonds. The van der Waals surface area contributed by atoms with Gasteiger partial charge < -0.3 is 19.7 Å². The third kappa shape index (κ3) is 0.840. The summed E-state index contributed by atoms with van der Waals surface area (Å²) in [5.74, 6) is 0. The molecule has 0 spiro atoms. The average molecular weight is 160 g/mol. The summed E-state index contributed by atoms with van der Waals surface area (Å²) in [5.41, 5.74) is -0.681. The Morgan fingerprint density at radius 2 is 2.09 bits per heavy atom. The SMILES string of the molecule is C[C@]12OC[C@H](O)[C@H]1OC[C@@H]2O. The van der Waals surface area contributed by atoms with E-state index in [1.165, 1.54) is 0 Å². The van der Waals surface area contributed by atoms with Gasteiger partial charge in [0.15, 0.2) is 0 Å². The Bertz CT molecular complexity index is 172. The van der Waals surface area contributed by atoms with Crippen molar-refractivity contribution in [3.63, 3.8) is 0 Å². The standard InChI is InChI=1S/C7H12O4/c1-7-5(9)3-10-6(7)4(8)2-11-7/h4-6,8-9H,2-3H2,1H3/t4-,5-,6+,7+/m0/s1. The van der Waals surface area contributed by atoms with Gasteiger partial charge in [-0.25, -0.2) is 0 Å². The van der Waals surface area contributed by atoms with E-state index in [1.54, 1.807) is 6.92 Å². The van der Waals surface area contributed by atoms with Crippen molar-refractivity contribution in [2.75, 3.05) is 13.2 Å². The van der Waals surface area contributed by atoms with Gasteiger partial charge >= 0.3 is 0 Å². The van der Waals surface area contributed by atoms with Crippen molar-refractivity contribution in [1.29, 1.82) is 0 Å². The molecular weight excluding hydrogens is 148 g/mol. The third-order valence-electron chi connectivity index (χ3n) is 2.57. The van der Waals surface area contributed by atoms with Crippen LogP contribution in [0.5, 0.6) is 0 Å². The summed E-state index contributed by atoms with van der Waals surface area (Å²) in [7, 11) is 0. The summed E-state index contributed by atoms with van der Waals surface area (Å²) in [6.45, 7) is 2.29. The highest BCUT2D eigenvalue weighted by Crippen LogP contribution is 2.36. The van der Waals surface area contributed by atoms with Gasteiger partial charge in [0.05, 0.1) is 13.2 Å². The van der Waals surface area contributed by atoms with Crippen LogP contribution in [0.1, 0.15) is 6.92 Å². The van der Waals surface area contributed by atoms with Crippen LogP contribution in [0.3, 0.4) is 0 Å². The van der Waals surface area contributed by atoms with Crippen LogP contribution in [-0.2, 0) is 9.47 Å². The van der Waals surface area contributed by atoms with Crippen molar-refractivity contribution in [2.45, 2.75) is 30.8 Å². The van der Waals surface area contributed by atoms with Gasteiger partial charge in [0, 0.05) is 0 Å². The molecule has 0 radical (unpaired) electrons. The lowest BCUT2D eigenvalue weighted by Crippen LogP contribution is -2.43. The summed E-state index contributed by atoms with van der Waals surface area (Å²) in [6.07, 6.45) is -1.54. The van der Waals surface area contributed by atoms with Gasteiger partial charge in [-0.05, 0) is 6.92 Å². The Kier molecular flexibility index (Phi) is 1.47. The monoisotopic (exact) mass is 160 g/mol. The highest BCUT2D eigenvalue weighted by molar-refractivity contribution is 5.04. The smallest absolute Gasteiger partial charge is 0.122 e. The van der Waals surface area contributed by atoms with Gasteiger partial charge in [-0.3, -0.25) is 0 Å².